The van der Waals surface area contributed by atoms with Gasteiger partial charge in [-0.2, -0.15) is 0 Å². The molecule has 0 atom stereocenters. The summed E-state index contributed by atoms with van der Waals surface area (Å²) in [6.07, 6.45) is 0.849. The predicted molar refractivity (Wildman–Crippen MR) is 82.1 cm³/mol. The van der Waals surface area contributed by atoms with E-state index in [4.69, 9.17) is 4.99 Å². The highest BCUT2D eigenvalue weighted by atomic mass is 15.1. The van der Waals surface area contributed by atoms with Crippen molar-refractivity contribution in [1.29, 1.82) is 0 Å². The smallest absolute Gasteiger partial charge is 0.109 e. The van der Waals surface area contributed by atoms with Crippen LogP contribution in [0.3, 0.4) is 0 Å². The first-order chi connectivity index (χ1) is 9.15. The molecule has 0 aliphatic carbocycles. The lowest BCUT2D eigenvalue weighted by molar-refractivity contribution is 0.610. The molecule has 0 radical (unpaired) electrons. The third-order valence-electron chi connectivity index (χ3n) is 3.01. The molecule has 0 aliphatic heterocycles. The third-order valence-corrected chi connectivity index (χ3v) is 3.01. The van der Waals surface area contributed by atoms with Gasteiger partial charge in [0.2, 0.25) is 0 Å². The largest absolute Gasteiger partial charge is 0.366 e. The molecule has 0 bridgehead atoms. The summed E-state index contributed by atoms with van der Waals surface area (Å²) in [4.78, 5) is 6.81. The number of benzene rings is 2. The molecule has 0 saturated carbocycles. The number of aliphatic imine (C=N–C) groups is 1. The van der Waals surface area contributed by atoms with Crippen LogP contribution in [0.4, 0.5) is 5.69 Å². The molecule has 0 fully saturated rings. The molecule has 98 valence electrons. The van der Waals surface area contributed by atoms with Crippen LogP contribution in [0.15, 0.2) is 59.6 Å². The van der Waals surface area contributed by atoms with Gasteiger partial charge in [-0.1, -0.05) is 48.0 Å². The normalized spacial score (nSPS) is 11.4. The summed E-state index contributed by atoms with van der Waals surface area (Å²) in [5.74, 6) is 1.06. The zero-order valence-corrected chi connectivity index (χ0v) is 11.8. The fourth-order valence-electron chi connectivity index (χ4n) is 1.84. The van der Waals surface area contributed by atoms with Gasteiger partial charge in [-0.15, -0.1) is 0 Å². The summed E-state index contributed by atoms with van der Waals surface area (Å²) in [7, 11) is 4.08. The van der Waals surface area contributed by atoms with E-state index in [1.54, 1.807) is 0 Å². The Morgan fingerprint density at radius 2 is 1.58 bits per heavy atom. The third kappa shape index (κ3) is 3.95. The molecular formula is C17H20N2. The summed E-state index contributed by atoms with van der Waals surface area (Å²) in [6.45, 7) is 2.09. The molecule has 2 rings (SSSR count). The average Bonchev–Trinajstić information content (AvgIpc) is 2.41. The number of amidine groups is 1. The first-order valence-corrected chi connectivity index (χ1v) is 6.50. The van der Waals surface area contributed by atoms with Gasteiger partial charge in [-0.25, -0.2) is 4.99 Å². The maximum atomic E-state index is 4.74. The standard InChI is InChI=1S/C17H20N2/c1-14-9-11-16(12-10-14)18-17(19(2)3)13-15-7-5-4-6-8-15/h4-12H,13H2,1-3H3. The van der Waals surface area contributed by atoms with Crippen molar-refractivity contribution < 1.29 is 0 Å². The molecule has 0 N–H and O–H groups in total. The Bertz CT molecular complexity index is 539. The summed E-state index contributed by atoms with van der Waals surface area (Å²) in [5.41, 5.74) is 3.54. The Morgan fingerprint density at radius 1 is 0.947 bits per heavy atom. The van der Waals surface area contributed by atoms with E-state index in [1.807, 2.05) is 20.2 Å². The van der Waals surface area contributed by atoms with E-state index in [9.17, 15) is 0 Å². The minimum atomic E-state index is 0.849. The van der Waals surface area contributed by atoms with Crippen molar-refractivity contribution in [2.75, 3.05) is 14.1 Å². The lowest BCUT2D eigenvalue weighted by Crippen LogP contribution is -2.23. The van der Waals surface area contributed by atoms with Crippen molar-refractivity contribution in [1.82, 2.24) is 4.90 Å². The van der Waals surface area contributed by atoms with E-state index < -0.39 is 0 Å². The van der Waals surface area contributed by atoms with Crippen LogP contribution in [0.25, 0.3) is 0 Å². The molecule has 0 aromatic heterocycles. The number of rotatable bonds is 3. The van der Waals surface area contributed by atoms with Crippen molar-refractivity contribution >= 4 is 11.5 Å². The molecular weight excluding hydrogens is 232 g/mol. The zero-order valence-electron chi connectivity index (χ0n) is 11.8. The maximum absolute atomic E-state index is 4.74. The average molecular weight is 252 g/mol. The molecule has 19 heavy (non-hydrogen) atoms. The molecule has 0 saturated heterocycles. The van der Waals surface area contributed by atoms with Crippen LogP contribution in [0, 0.1) is 6.92 Å². The van der Waals surface area contributed by atoms with Gasteiger partial charge in [0.15, 0.2) is 0 Å². The number of hydrogen-bond acceptors (Lipinski definition) is 1. The van der Waals surface area contributed by atoms with Crippen molar-refractivity contribution in [2.45, 2.75) is 13.3 Å². The van der Waals surface area contributed by atoms with Gasteiger partial charge in [0, 0.05) is 20.5 Å². The van der Waals surface area contributed by atoms with Crippen molar-refractivity contribution in [3.63, 3.8) is 0 Å². The first-order valence-electron chi connectivity index (χ1n) is 6.50. The van der Waals surface area contributed by atoms with E-state index in [0.717, 1.165) is 17.9 Å². The molecule has 2 aromatic carbocycles. The van der Waals surface area contributed by atoms with Crippen LogP contribution in [-0.2, 0) is 6.42 Å². The second kappa shape index (κ2) is 6.19. The van der Waals surface area contributed by atoms with Gasteiger partial charge in [-0.05, 0) is 24.6 Å². The second-order valence-corrected chi connectivity index (χ2v) is 4.92. The summed E-state index contributed by atoms with van der Waals surface area (Å²) < 4.78 is 0. The van der Waals surface area contributed by atoms with Crippen LogP contribution in [0.5, 0.6) is 0 Å². The molecule has 2 aromatic rings. The minimum Gasteiger partial charge on any atom is -0.366 e. The van der Waals surface area contributed by atoms with E-state index in [1.165, 1.54) is 11.1 Å². The summed E-state index contributed by atoms with van der Waals surface area (Å²) in [6, 6.07) is 18.7. The quantitative estimate of drug-likeness (QED) is 0.599. The van der Waals surface area contributed by atoms with Crippen molar-refractivity contribution in [3.8, 4) is 0 Å². The Labute approximate surface area is 115 Å². The monoisotopic (exact) mass is 252 g/mol. The molecule has 0 spiro atoms. The van der Waals surface area contributed by atoms with Crippen LogP contribution >= 0.6 is 0 Å². The van der Waals surface area contributed by atoms with Crippen LogP contribution in [0.2, 0.25) is 0 Å². The molecule has 2 heteroatoms. The topological polar surface area (TPSA) is 15.6 Å². The zero-order chi connectivity index (χ0) is 13.7. The SMILES string of the molecule is Cc1ccc(N=C(Cc2ccccc2)N(C)C)cc1. The van der Waals surface area contributed by atoms with Gasteiger partial charge in [0.1, 0.15) is 5.84 Å². The number of nitrogens with zero attached hydrogens (tertiary/aromatic N) is 2. The highest BCUT2D eigenvalue weighted by Gasteiger charge is 2.04. The van der Waals surface area contributed by atoms with Gasteiger partial charge < -0.3 is 4.90 Å². The number of likely N-dealkylation sites (N-methyl/N-ethyl adjacent to an activating group) is 1. The second-order valence-electron chi connectivity index (χ2n) is 4.92. The van der Waals surface area contributed by atoms with Crippen molar-refractivity contribution in [2.24, 2.45) is 4.99 Å². The molecule has 0 heterocycles. The van der Waals surface area contributed by atoms with Crippen molar-refractivity contribution in [3.05, 3.63) is 65.7 Å². The fourth-order valence-corrected chi connectivity index (χ4v) is 1.84. The van der Waals surface area contributed by atoms with Crippen LogP contribution in [-0.4, -0.2) is 24.8 Å². The lowest BCUT2D eigenvalue weighted by Gasteiger charge is -2.16. The van der Waals surface area contributed by atoms with Gasteiger partial charge in [-0.3, -0.25) is 0 Å². The van der Waals surface area contributed by atoms with E-state index in [2.05, 4.69) is 60.4 Å². The Kier molecular flexibility index (Phi) is 4.35. The molecule has 0 aliphatic rings. The van der Waals surface area contributed by atoms with E-state index >= 15 is 0 Å². The number of aryl methyl sites for hydroxylation is 1. The maximum Gasteiger partial charge on any atom is 0.109 e. The lowest BCUT2D eigenvalue weighted by atomic mass is 10.1. The molecule has 0 unspecified atom stereocenters. The van der Waals surface area contributed by atoms with Gasteiger partial charge >= 0.3 is 0 Å². The fraction of sp³-hybridized carbons (Fsp3) is 0.235. The van der Waals surface area contributed by atoms with E-state index in [0.29, 0.717) is 0 Å². The Hall–Kier alpha value is -2.09. The predicted octanol–water partition coefficient (Wildman–Crippen LogP) is 3.83. The molecule has 0 amide bonds. The minimum absolute atomic E-state index is 0.849. The Morgan fingerprint density at radius 3 is 2.16 bits per heavy atom. The summed E-state index contributed by atoms with van der Waals surface area (Å²) in [5, 5.41) is 0. The molecule has 2 nitrogen and oxygen atoms in total. The summed E-state index contributed by atoms with van der Waals surface area (Å²) >= 11 is 0. The first kappa shape index (κ1) is 13.3. The van der Waals surface area contributed by atoms with Crippen LogP contribution < -0.4 is 0 Å². The highest BCUT2D eigenvalue weighted by molar-refractivity contribution is 5.86. The van der Waals surface area contributed by atoms with Gasteiger partial charge in [0.05, 0.1) is 5.69 Å². The number of hydrogen-bond donors (Lipinski definition) is 0. The van der Waals surface area contributed by atoms with Crippen LogP contribution in [0.1, 0.15) is 11.1 Å². The van der Waals surface area contributed by atoms with E-state index in [-0.39, 0.29) is 0 Å². The highest BCUT2D eigenvalue weighted by Crippen LogP contribution is 2.14. The Balaban J connectivity index is 2.23. The van der Waals surface area contributed by atoms with Gasteiger partial charge in [0.25, 0.3) is 0 Å².